The van der Waals surface area contributed by atoms with Crippen LogP contribution in [0.1, 0.15) is 28.5 Å². The van der Waals surface area contributed by atoms with Gasteiger partial charge in [0.25, 0.3) is 0 Å². The van der Waals surface area contributed by atoms with Gasteiger partial charge in [0.2, 0.25) is 5.89 Å². The molecule has 0 fully saturated rings. The largest absolute Gasteiger partial charge is 0.444 e. The van der Waals surface area contributed by atoms with Gasteiger partial charge in [-0.05, 0) is 25.5 Å². The van der Waals surface area contributed by atoms with Crippen LogP contribution in [0.5, 0.6) is 0 Å². The first-order chi connectivity index (χ1) is 10.0. The van der Waals surface area contributed by atoms with Gasteiger partial charge in [0.15, 0.2) is 5.84 Å². The number of hydrogen-bond donors (Lipinski definition) is 3. The van der Waals surface area contributed by atoms with Crippen molar-refractivity contribution < 1.29 is 9.62 Å². The zero-order chi connectivity index (χ0) is 15.4. The minimum atomic E-state index is 0.0298. The van der Waals surface area contributed by atoms with Crippen molar-refractivity contribution >= 4 is 17.4 Å². The zero-order valence-corrected chi connectivity index (χ0v) is 12.6. The van der Waals surface area contributed by atoms with E-state index in [1.165, 1.54) is 0 Å². The molecule has 0 aliphatic carbocycles. The van der Waals surface area contributed by atoms with Gasteiger partial charge in [0, 0.05) is 17.1 Å². The summed E-state index contributed by atoms with van der Waals surface area (Å²) < 4.78 is 5.48. The van der Waals surface area contributed by atoms with Crippen molar-refractivity contribution in [2.75, 3.05) is 0 Å². The van der Waals surface area contributed by atoms with Crippen LogP contribution < -0.4 is 11.1 Å². The van der Waals surface area contributed by atoms with Gasteiger partial charge in [-0.3, -0.25) is 0 Å². The Bertz CT molecular complexity index is 647. The molecule has 0 atom stereocenters. The van der Waals surface area contributed by atoms with Crippen LogP contribution in [0.4, 0.5) is 0 Å². The number of aromatic nitrogens is 1. The minimum absolute atomic E-state index is 0.0298. The number of amidine groups is 1. The van der Waals surface area contributed by atoms with E-state index in [1.54, 1.807) is 12.1 Å². The summed E-state index contributed by atoms with van der Waals surface area (Å²) in [5.41, 5.74) is 7.89. The second kappa shape index (κ2) is 6.60. The van der Waals surface area contributed by atoms with Crippen molar-refractivity contribution in [3.05, 3.63) is 51.7 Å². The quantitative estimate of drug-likeness (QED) is 0.341. The lowest BCUT2D eigenvalue weighted by molar-refractivity contribution is 0.318. The molecule has 7 heteroatoms. The number of oxazole rings is 1. The number of halogens is 1. The Kier molecular flexibility index (Phi) is 4.82. The second-order valence-corrected chi connectivity index (χ2v) is 5.05. The van der Waals surface area contributed by atoms with Crippen molar-refractivity contribution in [3.8, 4) is 0 Å². The summed E-state index contributed by atoms with van der Waals surface area (Å²) in [6.07, 6.45) is 0. The van der Waals surface area contributed by atoms with Crippen LogP contribution in [0.15, 0.2) is 27.8 Å². The minimum Gasteiger partial charge on any atom is -0.444 e. The van der Waals surface area contributed by atoms with Crippen molar-refractivity contribution in [1.29, 1.82) is 0 Å². The van der Waals surface area contributed by atoms with Crippen molar-refractivity contribution in [2.45, 2.75) is 26.9 Å². The Morgan fingerprint density at radius 1 is 1.43 bits per heavy atom. The van der Waals surface area contributed by atoms with E-state index in [0.29, 0.717) is 29.6 Å². The standard InChI is InChI=1S/C14H17ClN4O2/c1-8-9(2)21-13(18-8)7-17-6-11-4-3-10(5-12(11)15)14(16)19-20/h3-5,17,20H,6-7H2,1-2H3,(H2,16,19). The molecule has 1 aromatic carbocycles. The van der Waals surface area contributed by atoms with Gasteiger partial charge in [-0.2, -0.15) is 0 Å². The molecule has 0 radical (unpaired) electrons. The average Bonchev–Trinajstić information content (AvgIpc) is 2.78. The van der Waals surface area contributed by atoms with E-state index in [-0.39, 0.29) is 5.84 Å². The first kappa shape index (κ1) is 15.3. The number of nitrogens with two attached hydrogens (primary N) is 1. The van der Waals surface area contributed by atoms with Gasteiger partial charge in [-0.1, -0.05) is 28.9 Å². The highest BCUT2D eigenvalue weighted by Gasteiger charge is 2.07. The van der Waals surface area contributed by atoms with Crippen molar-refractivity contribution in [2.24, 2.45) is 10.9 Å². The molecule has 0 bridgehead atoms. The third-order valence-electron chi connectivity index (χ3n) is 3.12. The first-order valence-electron chi connectivity index (χ1n) is 6.41. The highest BCUT2D eigenvalue weighted by Crippen LogP contribution is 2.18. The predicted octanol–water partition coefficient (Wildman–Crippen LogP) is 2.33. The number of nitrogens with zero attached hydrogens (tertiary/aromatic N) is 2. The molecular weight excluding hydrogens is 292 g/mol. The van der Waals surface area contributed by atoms with Crippen LogP contribution in [0.25, 0.3) is 0 Å². The maximum atomic E-state index is 8.63. The van der Waals surface area contributed by atoms with E-state index in [4.69, 9.17) is 27.0 Å². The maximum Gasteiger partial charge on any atom is 0.208 e. The summed E-state index contributed by atoms with van der Waals surface area (Å²) >= 11 is 6.17. The van der Waals surface area contributed by atoms with Crippen LogP contribution in [-0.2, 0) is 13.1 Å². The fraction of sp³-hybridized carbons (Fsp3) is 0.286. The summed E-state index contributed by atoms with van der Waals surface area (Å²) in [6, 6.07) is 5.24. The van der Waals surface area contributed by atoms with E-state index >= 15 is 0 Å². The van der Waals surface area contributed by atoms with E-state index < -0.39 is 0 Å². The molecule has 0 spiro atoms. The van der Waals surface area contributed by atoms with Gasteiger partial charge >= 0.3 is 0 Å². The average molecular weight is 309 g/mol. The number of rotatable bonds is 5. The fourth-order valence-electron chi connectivity index (χ4n) is 1.83. The van der Waals surface area contributed by atoms with E-state index in [0.717, 1.165) is 17.0 Å². The smallest absolute Gasteiger partial charge is 0.208 e. The Morgan fingerprint density at radius 3 is 2.76 bits per heavy atom. The Balaban J connectivity index is 1.97. The van der Waals surface area contributed by atoms with E-state index in [2.05, 4.69) is 15.5 Å². The lowest BCUT2D eigenvalue weighted by Gasteiger charge is -2.07. The normalized spacial score (nSPS) is 11.9. The SMILES string of the molecule is Cc1nc(CNCc2ccc(/C(N)=N/O)cc2Cl)oc1C. The molecular formula is C14H17ClN4O2. The number of oxime groups is 1. The third-order valence-corrected chi connectivity index (χ3v) is 3.47. The van der Waals surface area contributed by atoms with E-state index in [1.807, 2.05) is 19.9 Å². The molecule has 0 aliphatic heterocycles. The van der Waals surface area contributed by atoms with Crippen LogP contribution in [0.2, 0.25) is 5.02 Å². The molecule has 21 heavy (non-hydrogen) atoms. The summed E-state index contributed by atoms with van der Waals surface area (Å²) in [7, 11) is 0. The molecule has 1 aromatic heterocycles. The van der Waals surface area contributed by atoms with Gasteiger partial charge < -0.3 is 20.7 Å². The molecule has 4 N–H and O–H groups in total. The summed E-state index contributed by atoms with van der Waals surface area (Å²) in [6.45, 7) is 4.88. The number of hydrogen-bond acceptors (Lipinski definition) is 5. The topological polar surface area (TPSA) is 96.7 Å². The van der Waals surface area contributed by atoms with Crippen LogP contribution in [-0.4, -0.2) is 16.0 Å². The second-order valence-electron chi connectivity index (χ2n) is 4.64. The van der Waals surface area contributed by atoms with Crippen molar-refractivity contribution in [3.63, 3.8) is 0 Å². The Morgan fingerprint density at radius 2 is 2.19 bits per heavy atom. The molecule has 1 heterocycles. The van der Waals surface area contributed by atoms with Gasteiger partial charge in [0.1, 0.15) is 5.76 Å². The molecule has 2 rings (SSSR count). The van der Waals surface area contributed by atoms with Crippen LogP contribution in [0, 0.1) is 13.8 Å². The zero-order valence-electron chi connectivity index (χ0n) is 11.9. The van der Waals surface area contributed by atoms with Gasteiger partial charge in [0.05, 0.1) is 12.2 Å². The summed E-state index contributed by atoms with van der Waals surface area (Å²) in [5.74, 6) is 1.50. The Hall–Kier alpha value is -2.05. The lowest BCUT2D eigenvalue weighted by Crippen LogP contribution is -2.15. The monoisotopic (exact) mass is 308 g/mol. The molecule has 0 aliphatic rings. The first-order valence-corrected chi connectivity index (χ1v) is 6.79. The molecule has 0 unspecified atom stereocenters. The number of aryl methyl sites for hydroxylation is 2. The molecule has 2 aromatic rings. The molecule has 0 amide bonds. The highest BCUT2D eigenvalue weighted by atomic mass is 35.5. The molecule has 0 saturated heterocycles. The fourth-order valence-corrected chi connectivity index (χ4v) is 2.07. The molecule has 6 nitrogen and oxygen atoms in total. The van der Waals surface area contributed by atoms with Crippen LogP contribution >= 0.6 is 11.6 Å². The highest BCUT2D eigenvalue weighted by molar-refractivity contribution is 6.31. The van der Waals surface area contributed by atoms with Gasteiger partial charge in [-0.15, -0.1) is 0 Å². The summed E-state index contributed by atoms with van der Waals surface area (Å²) in [5, 5.41) is 15.3. The maximum absolute atomic E-state index is 8.63. The van der Waals surface area contributed by atoms with E-state index in [9.17, 15) is 0 Å². The van der Waals surface area contributed by atoms with Gasteiger partial charge in [-0.25, -0.2) is 4.98 Å². The molecule has 0 saturated carbocycles. The van der Waals surface area contributed by atoms with Crippen LogP contribution in [0.3, 0.4) is 0 Å². The third kappa shape index (κ3) is 3.74. The predicted molar refractivity (Wildman–Crippen MR) is 80.5 cm³/mol. The Labute approximate surface area is 127 Å². The number of benzene rings is 1. The number of nitrogens with one attached hydrogen (secondary N) is 1. The molecule has 112 valence electrons. The lowest BCUT2D eigenvalue weighted by atomic mass is 10.1. The summed E-state index contributed by atoms with van der Waals surface area (Å²) in [4.78, 5) is 4.29. The van der Waals surface area contributed by atoms with Crippen molar-refractivity contribution in [1.82, 2.24) is 10.3 Å².